The van der Waals surface area contributed by atoms with E-state index in [1.165, 1.54) is 37.6 Å². The number of rotatable bonds is 9. The molecular weight excluding hydrogens is 380 g/mol. The average Bonchev–Trinajstić information content (AvgIpc) is 3.29. The van der Waals surface area contributed by atoms with Crippen molar-refractivity contribution in [3.05, 3.63) is 59.2 Å². The van der Waals surface area contributed by atoms with Crippen molar-refractivity contribution in [3.8, 4) is 17.2 Å². The van der Waals surface area contributed by atoms with E-state index in [0.717, 1.165) is 17.7 Å². The quantitative estimate of drug-likeness (QED) is 0.640. The first-order valence-corrected chi connectivity index (χ1v) is 10.2. The van der Waals surface area contributed by atoms with Crippen molar-refractivity contribution >= 4 is 12.0 Å². The highest BCUT2D eigenvalue weighted by atomic mass is 16.5. The maximum absolute atomic E-state index is 12.3. The molecule has 1 aliphatic heterocycles. The van der Waals surface area contributed by atoms with Gasteiger partial charge in [0.25, 0.3) is 0 Å². The van der Waals surface area contributed by atoms with Gasteiger partial charge in [-0.2, -0.15) is 0 Å². The van der Waals surface area contributed by atoms with Crippen molar-refractivity contribution in [2.45, 2.75) is 25.9 Å². The van der Waals surface area contributed by atoms with Gasteiger partial charge in [-0.1, -0.05) is 24.3 Å². The summed E-state index contributed by atoms with van der Waals surface area (Å²) in [4.78, 5) is 14.7. The van der Waals surface area contributed by atoms with Crippen LogP contribution >= 0.6 is 0 Å². The van der Waals surface area contributed by atoms with E-state index in [0.29, 0.717) is 23.8 Å². The standard InChI is InChI=1S/C24H30N2O4/c1-28-21-15-23(30-3)22(29-2)14-20(21)10-11-24(27)25-16-18-6-8-19(9-7-18)17-26-12-4-5-13-26/h6-11,14-15H,4-5,12-13,16-17H2,1-3H3,(H,25,27)/b11-10+. The van der Waals surface area contributed by atoms with Crippen molar-refractivity contribution in [1.82, 2.24) is 10.2 Å². The molecule has 0 aromatic heterocycles. The van der Waals surface area contributed by atoms with E-state index in [9.17, 15) is 4.79 Å². The van der Waals surface area contributed by atoms with Gasteiger partial charge in [0.15, 0.2) is 11.5 Å². The molecule has 160 valence electrons. The lowest BCUT2D eigenvalue weighted by Gasteiger charge is -2.14. The van der Waals surface area contributed by atoms with Gasteiger partial charge < -0.3 is 19.5 Å². The van der Waals surface area contributed by atoms with Crippen LogP contribution in [0.5, 0.6) is 17.2 Å². The summed E-state index contributed by atoms with van der Waals surface area (Å²) in [5, 5.41) is 2.92. The normalized spacial score (nSPS) is 14.1. The number of nitrogens with one attached hydrogen (secondary N) is 1. The largest absolute Gasteiger partial charge is 0.496 e. The number of hydrogen-bond donors (Lipinski definition) is 1. The van der Waals surface area contributed by atoms with Crippen LogP contribution in [0.25, 0.3) is 6.08 Å². The number of nitrogens with zero attached hydrogens (tertiary/aromatic N) is 1. The molecule has 2 aromatic carbocycles. The molecule has 1 N–H and O–H groups in total. The van der Waals surface area contributed by atoms with Gasteiger partial charge in [-0.25, -0.2) is 0 Å². The summed E-state index contributed by atoms with van der Waals surface area (Å²) in [7, 11) is 4.71. The van der Waals surface area contributed by atoms with Crippen LogP contribution in [0.3, 0.4) is 0 Å². The van der Waals surface area contributed by atoms with E-state index in [4.69, 9.17) is 14.2 Å². The molecule has 0 saturated carbocycles. The first kappa shape index (κ1) is 21.7. The van der Waals surface area contributed by atoms with Gasteiger partial charge in [-0.05, 0) is 49.2 Å². The molecule has 0 bridgehead atoms. The topological polar surface area (TPSA) is 60.0 Å². The van der Waals surface area contributed by atoms with E-state index >= 15 is 0 Å². The Morgan fingerprint density at radius 3 is 2.17 bits per heavy atom. The number of ether oxygens (including phenoxy) is 3. The summed E-state index contributed by atoms with van der Waals surface area (Å²) >= 11 is 0. The Morgan fingerprint density at radius 1 is 0.933 bits per heavy atom. The first-order chi connectivity index (χ1) is 14.6. The Hall–Kier alpha value is -2.99. The second kappa shape index (κ2) is 10.7. The highest BCUT2D eigenvalue weighted by Gasteiger charge is 2.12. The molecule has 6 nitrogen and oxygen atoms in total. The predicted octanol–water partition coefficient (Wildman–Crippen LogP) is 3.64. The highest BCUT2D eigenvalue weighted by Crippen LogP contribution is 2.35. The van der Waals surface area contributed by atoms with E-state index in [1.807, 2.05) is 0 Å². The van der Waals surface area contributed by atoms with Crippen LogP contribution in [0.4, 0.5) is 0 Å². The molecule has 1 fully saturated rings. The number of hydrogen-bond acceptors (Lipinski definition) is 5. The molecule has 1 aliphatic rings. The number of carbonyl (C=O) groups excluding carboxylic acids is 1. The summed E-state index contributed by atoms with van der Waals surface area (Å²) < 4.78 is 16.0. The third kappa shape index (κ3) is 5.76. The van der Waals surface area contributed by atoms with Crippen molar-refractivity contribution in [2.75, 3.05) is 34.4 Å². The number of likely N-dealkylation sites (tertiary alicyclic amines) is 1. The fourth-order valence-electron chi connectivity index (χ4n) is 3.56. The summed E-state index contributed by atoms with van der Waals surface area (Å²) in [6, 6.07) is 12.0. The van der Waals surface area contributed by atoms with Crippen LogP contribution in [-0.4, -0.2) is 45.2 Å². The van der Waals surface area contributed by atoms with Crippen molar-refractivity contribution < 1.29 is 19.0 Å². The van der Waals surface area contributed by atoms with E-state index in [-0.39, 0.29) is 5.91 Å². The van der Waals surface area contributed by atoms with Crippen molar-refractivity contribution in [1.29, 1.82) is 0 Å². The van der Waals surface area contributed by atoms with Gasteiger partial charge in [-0.15, -0.1) is 0 Å². The highest BCUT2D eigenvalue weighted by molar-refractivity contribution is 5.92. The van der Waals surface area contributed by atoms with Crippen molar-refractivity contribution in [3.63, 3.8) is 0 Å². The third-order valence-corrected chi connectivity index (χ3v) is 5.24. The molecule has 30 heavy (non-hydrogen) atoms. The maximum Gasteiger partial charge on any atom is 0.244 e. The summed E-state index contributed by atoms with van der Waals surface area (Å²) in [5.74, 6) is 1.58. The zero-order valence-corrected chi connectivity index (χ0v) is 17.9. The molecule has 1 saturated heterocycles. The Labute approximate surface area is 178 Å². The van der Waals surface area contributed by atoms with Crippen LogP contribution in [0.2, 0.25) is 0 Å². The molecule has 0 unspecified atom stereocenters. The molecule has 0 aliphatic carbocycles. The lowest BCUT2D eigenvalue weighted by molar-refractivity contribution is -0.116. The van der Waals surface area contributed by atoms with E-state index in [1.54, 1.807) is 39.5 Å². The Balaban J connectivity index is 1.55. The molecule has 0 atom stereocenters. The number of carbonyl (C=O) groups is 1. The molecule has 3 rings (SSSR count). The molecule has 2 aromatic rings. The van der Waals surface area contributed by atoms with Crippen LogP contribution in [0, 0.1) is 0 Å². The molecular formula is C24H30N2O4. The molecule has 0 radical (unpaired) electrons. The van der Waals surface area contributed by atoms with E-state index in [2.05, 4.69) is 34.5 Å². The van der Waals surface area contributed by atoms with E-state index < -0.39 is 0 Å². The van der Waals surface area contributed by atoms with Crippen LogP contribution in [0.1, 0.15) is 29.5 Å². The smallest absolute Gasteiger partial charge is 0.244 e. The predicted molar refractivity (Wildman–Crippen MR) is 118 cm³/mol. The van der Waals surface area contributed by atoms with Gasteiger partial charge in [0, 0.05) is 30.8 Å². The lowest BCUT2D eigenvalue weighted by atomic mass is 10.1. The van der Waals surface area contributed by atoms with Gasteiger partial charge in [0.2, 0.25) is 5.91 Å². The molecule has 1 heterocycles. The van der Waals surface area contributed by atoms with Crippen LogP contribution < -0.4 is 19.5 Å². The average molecular weight is 411 g/mol. The SMILES string of the molecule is COc1cc(OC)c(OC)cc1/C=C/C(=O)NCc1ccc(CN2CCCC2)cc1. The first-order valence-electron chi connectivity index (χ1n) is 10.2. The number of methoxy groups -OCH3 is 3. The second-order valence-corrected chi connectivity index (χ2v) is 7.30. The zero-order chi connectivity index (χ0) is 21.3. The minimum atomic E-state index is -0.173. The summed E-state index contributed by atoms with van der Waals surface area (Å²) in [6.07, 6.45) is 5.79. The van der Waals surface area contributed by atoms with Gasteiger partial charge >= 0.3 is 0 Å². The fourth-order valence-corrected chi connectivity index (χ4v) is 3.56. The third-order valence-electron chi connectivity index (χ3n) is 5.24. The van der Waals surface area contributed by atoms with Gasteiger partial charge in [0.05, 0.1) is 21.3 Å². The number of benzene rings is 2. The van der Waals surface area contributed by atoms with Gasteiger partial charge in [-0.3, -0.25) is 9.69 Å². The monoisotopic (exact) mass is 410 g/mol. The zero-order valence-electron chi connectivity index (χ0n) is 17.9. The Kier molecular flexibility index (Phi) is 7.74. The Bertz CT molecular complexity index is 872. The van der Waals surface area contributed by atoms with Crippen LogP contribution in [0.15, 0.2) is 42.5 Å². The number of amides is 1. The van der Waals surface area contributed by atoms with Crippen LogP contribution in [-0.2, 0) is 17.9 Å². The Morgan fingerprint density at radius 2 is 1.53 bits per heavy atom. The van der Waals surface area contributed by atoms with Crippen molar-refractivity contribution in [2.24, 2.45) is 0 Å². The minimum absolute atomic E-state index is 0.173. The fraction of sp³-hybridized carbons (Fsp3) is 0.375. The van der Waals surface area contributed by atoms with Gasteiger partial charge in [0.1, 0.15) is 5.75 Å². The maximum atomic E-state index is 12.3. The second-order valence-electron chi connectivity index (χ2n) is 7.30. The molecule has 1 amide bonds. The summed E-state index contributed by atoms with van der Waals surface area (Å²) in [6.45, 7) is 3.86. The summed E-state index contributed by atoms with van der Waals surface area (Å²) in [5.41, 5.74) is 3.12. The minimum Gasteiger partial charge on any atom is -0.496 e. The molecule has 6 heteroatoms. The lowest BCUT2D eigenvalue weighted by Crippen LogP contribution is -2.20. The molecule has 0 spiro atoms.